The molecular weight excluding hydrogens is 164 g/mol. The van der Waals surface area contributed by atoms with Crippen LogP contribution < -0.4 is 5.32 Å². The van der Waals surface area contributed by atoms with E-state index in [2.05, 4.69) is 24.2 Å². The molecule has 1 atom stereocenters. The van der Waals surface area contributed by atoms with E-state index in [4.69, 9.17) is 4.42 Å². The quantitative estimate of drug-likeness (QED) is 0.748. The van der Waals surface area contributed by atoms with E-state index in [0.717, 1.165) is 13.1 Å². The number of rotatable bonds is 5. The van der Waals surface area contributed by atoms with Gasteiger partial charge in [0.15, 0.2) is 0 Å². The average molecular weight is 182 g/mol. The summed E-state index contributed by atoms with van der Waals surface area (Å²) in [6.07, 6.45) is 3.53. The van der Waals surface area contributed by atoms with Gasteiger partial charge in [-0.05, 0) is 27.1 Å². The summed E-state index contributed by atoms with van der Waals surface area (Å²) in [5.41, 5.74) is 1.23. The van der Waals surface area contributed by atoms with E-state index in [1.807, 2.05) is 13.1 Å². The Bertz CT molecular complexity index is 221. The monoisotopic (exact) mass is 182 g/mol. The van der Waals surface area contributed by atoms with Crippen LogP contribution in [0.5, 0.6) is 0 Å². The van der Waals surface area contributed by atoms with Crippen LogP contribution >= 0.6 is 0 Å². The van der Waals surface area contributed by atoms with Crippen LogP contribution in [0.2, 0.25) is 0 Å². The maximum atomic E-state index is 5.05. The number of hydrogen-bond acceptors (Lipinski definition) is 3. The van der Waals surface area contributed by atoms with Crippen LogP contribution in [0, 0.1) is 0 Å². The molecule has 3 heteroatoms. The van der Waals surface area contributed by atoms with Gasteiger partial charge in [-0.15, -0.1) is 0 Å². The molecule has 0 aliphatic carbocycles. The highest BCUT2D eigenvalue weighted by Crippen LogP contribution is 2.17. The Balaban J connectivity index is 2.43. The minimum absolute atomic E-state index is 0.423. The predicted molar refractivity (Wildman–Crippen MR) is 53.7 cm³/mol. The van der Waals surface area contributed by atoms with E-state index in [1.54, 1.807) is 12.5 Å². The second-order valence-electron chi connectivity index (χ2n) is 3.32. The standard InChI is InChI=1S/C10H18N2O/c1-9(10-4-7-13-8-10)12(3)6-5-11-2/h4,7-9,11H,5-6H2,1-3H3. The van der Waals surface area contributed by atoms with Gasteiger partial charge in [-0.3, -0.25) is 4.90 Å². The summed E-state index contributed by atoms with van der Waals surface area (Å²) in [5, 5.41) is 3.13. The van der Waals surface area contributed by atoms with Crippen molar-refractivity contribution in [3.05, 3.63) is 24.2 Å². The molecule has 0 spiro atoms. The van der Waals surface area contributed by atoms with Crippen molar-refractivity contribution in [2.24, 2.45) is 0 Å². The fourth-order valence-electron chi connectivity index (χ4n) is 1.25. The van der Waals surface area contributed by atoms with Crippen molar-refractivity contribution in [2.45, 2.75) is 13.0 Å². The third kappa shape index (κ3) is 2.86. The van der Waals surface area contributed by atoms with E-state index >= 15 is 0 Å². The van der Waals surface area contributed by atoms with Crippen molar-refractivity contribution >= 4 is 0 Å². The fraction of sp³-hybridized carbons (Fsp3) is 0.600. The summed E-state index contributed by atoms with van der Waals surface area (Å²) < 4.78 is 5.05. The molecule has 0 fully saturated rings. The summed E-state index contributed by atoms with van der Waals surface area (Å²) in [5.74, 6) is 0. The van der Waals surface area contributed by atoms with Crippen molar-refractivity contribution in [1.82, 2.24) is 10.2 Å². The molecule has 0 saturated carbocycles. The van der Waals surface area contributed by atoms with Gasteiger partial charge in [-0.2, -0.15) is 0 Å². The van der Waals surface area contributed by atoms with Gasteiger partial charge in [0.25, 0.3) is 0 Å². The van der Waals surface area contributed by atoms with E-state index in [-0.39, 0.29) is 0 Å². The lowest BCUT2D eigenvalue weighted by Crippen LogP contribution is -2.29. The largest absolute Gasteiger partial charge is 0.472 e. The van der Waals surface area contributed by atoms with E-state index < -0.39 is 0 Å². The van der Waals surface area contributed by atoms with Crippen molar-refractivity contribution < 1.29 is 4.42 Å². The molecule has 74 valence electrons. The van der Waals surface area contributed by atoms with Crippen LogP contribution in [0.25, 0.3) is 0 Å². The Kier molecular flexibility index (Phi) is 3.99. The van der Waals surface area contributed by atoms with Gasteiger partial charge >= 0.3 is 0 Å². The highest BCUT2D eigenvalue weighted by atomic mass is 16.3. The molecule has 0 amide bonds. The number of likely N-dealkylation sites (N-methyl/N-ethyl adjacent to an activating group) is 2. The number of furan rings is 1. The molecule has 0 aliphatic rings. The number of nitrogens with one attached hydrogen (secondary N) is 1. The second kappa shape index (κ2) is 5.04. The highest BCUT2D eigenvalue weighted by molar-refractivity contribution is 5.10. The van der Waals surface area contributed by atoms with Gasteiger partial charge in [0, 0.05) is 24.7 Å². The summed E-state index contributed by atoms with van der Waals surface area (Å²) in [6, 6.07) is 2.44. The van der Waals surface area contributed by atoms with Crippen molar-refractivity contribution in [3.8, 4) is 0 Å². The number of nitrogens with zero attached hydrogens (tertiary/aromatic N) is 1. The van der Waals surface area contributed by atoms with E-state index in [9.17, 15) is 0 Å². The Morgan fingerprint density at radius 2 is 2.38 bits per heavy atom. The Morgan fingerprint density at radius 1 is 1.62 bits per heavy atom. The van der Waals surface area contributed by atoms with Gasteiger partial charge < -0.3 is 9.73 Å². The molecule has 1 aromatic rings. The summed E-state index contributed by atoms with van der Waals surface area (Å²) in [4.78, 5) is 2.29. The van der Waals surface area contributed by atoms with E-state index in [1.165, 1.54) is 5.56 Å². The molecule has 0 aromatic carbocycles. The third-order valence-corrected chi connectivity index (χ3v) is 2.40. The summed E-state index contributed by atoms with van der Waals surface area (Å²) in [6.45, 7) is 4.24. The predicted octanol–water partition coefficient (Wildman–Crippen LogP) is 1.49. The lowest BCUT2D eigenvalue weighted by Gasteiger charge is -2.23. The van der Waals surface area contributed by atoms with Crippen molar-refractivity contribution in [1.29, 1.82) is 0 Å². The Hall–Kier alpha value is -0.800. The van der Waals surface area contributed by atoms with Crippen LogP contribution in [-0.2, 0) is 0 Å². The molecule has 0 aliphatic heterocycles. The van der Waals surface area contributed by atoms with Gasteiger partial charge in [-0.25, -0.2) is 0 Å². The molecule has 1 aromatic heterocycles. The Morgan fingerprint density at radius 3 is 2.92 bits per heavy atom. The molecule has 1 unspecified atom stereocenters. The first-order valence-electron chi connectivity index (χ1n) is 4.62. The minimum Gasteiger partial charge on any atom is -0.472 e. The Labute approximate surface area is 79.7 Å². The molecule has 13 heavy (non-hydrogen) atoms. The lowest BCUT2D eigenvalue weighted by atomic mass is 10.1. The van der Waals surface area contributed by atoms with Crippen LogP contribution in [0.4, 0.5) is 0 Å². The van der Waals surface area contributed by atoms with Crippen LogP contribution in [0.3, 0.4) is 0 Å². The third-order valence-electron chi connectivity index (χ3n) is 2.40. The first-order valence-corrected chi connectivity index (χ1v) is 4.62. The van der Waals surface area contributed by atoms with Crippen LogP contribution in [0.1, 0.15) is 18.5 Å². The topological polar surface area (TPSA) is 28.4 Å². The molecule has 1 N–H and O–H groups in total. The normalized spacial score (nSPS) is 13.5. The maximum absolute atomic E-state index is 5.05. The highest BCUT2D eigenvalue weighted by Gasteiger charge is 2.11. The van der Waals surface area contributed by atoms with Crippen LogP contribution in [-0.4, -0.2) is 32.1 Å². The van der Waals surface area contributed by atoms with Crippen LogP contribution in [0.15, 0.2) is 23.0 Å². The second-order valence-corrected chi connectivity index (χ2v) is 3.32. The zero-order valence-electron chi connectivity index (χ0n) is 8.58. The molecule has 0 radical (unpaired) electrons. The molecule has 3 nitrogen and oxygen atoms in total. The molecule has 1 heterocycles. The summed E-state index contributed by atoms with van der Waals surface area (Å²) in [7, 11) is 4.09. The van der Waals surface area contributed by atoms with Gasteiger partial charge in [-0.1, -0.05) is 0 Å². The van der Waals surface area contributed by atoms with Gasteiger partial charge in [0.1, 0.15) is 0 Å². The van der Waals surface area contributed by atoms with Gasteiger partial charge in [0.2, 0.25) is 0 Å². The molecule has 0 bridgehead atoms. The molecular formula is C10H18N2O. The lowest BCUT2D eigenvalue weighted by molar-refractivity contribution is 0.262. The first-order chi connectivity index (χ1) is 6.25. The SMILES string of the molecule is CNCCN(C)C(C)c1ccoc1. The van der Waals surface area contributed by atoms with E-state index in [0.29, 0.717) is 6.04 Å². The molecule has 0 saturated heterocycles. The van der Waals surface area contributed by atoms with Crippen molar-refractivity contribution in [3.63, 3.8) is 0 Å². The van der Waals surface area contributed by atoms with Crippen molar-refractivity contribution in [2.75, 3.05) is 27.2 Å². The minimum atomic E-state index is 0.423. The molecule has 1 rings (SSSR count). The maximum Gasteiger partial charge on any atom is 0.0950 e. The number of hydrogen-bond donors (Lipinski definition) is 1. The fourth-order valence-corrected chi connectivity index (χ4v) is 1.25. The summed E-state index contributed by atoms with van der Waals surface area (Å²) >= 11 is 0. The first kappa shape index (κ1) is 10.3. The zero-order valence-corrected chi connectivity index (χ0v) is 8.58. The zero-order chi connectivity index (χ0) is 9.68. The van der Waals surface area contributed by atoms with Gasteiger partial charge in [0.05, 0.1) is 12.5 Å². The smallest absolute Gasteiger partial charge is 0.0950 e. The average Bonchev–Trinajstić information content (AvgIpc) is 2.65.